The van der Waals surface area contributed by atoms with Crippen LogP contribution in [-0.2, 0) is 0 Å². The van der Waals surface area contributed by atoms with Gasteiger partial charge in [0.25, 0.3) is 0 Å². The van der Waals surface area contributed by atoms with Crippen LogP contribution in [-0.4, -0.2) is 24.0 Å². The maximum absolute atomic E-state index is 7.36. The van der Waals surface area contributed by atoms with E-state index in [1.807, 2.05) is 0 Å². The lowest BCUT2D eigenvalue weighted by molar-refractivity contribution is 0.689. The summed E-state index contributed by atoms with van der Waals surface area (Å²) in [4.78, 5) is 4.15. The highest BCUT2D eigenvalue weighted by Gasteiger charge is 2.08. The summed E-state index contributed by atoms with van der Waals surface area (Å²) in [6.45, 7) is 4.98. The van der Waals surface area contributed by atoms with Gasteiger partial charge in [-0.15, -0.1) is 0 Å². The van der Waals surface area contributed by atoms with Gasteiger partial charge in [-0.1, -0.05) is 13.8 Å². The van der Waals surface area contributed by atoms with E-state index >= 15 is 0 Å². The summed E-state index contributed by atoms with van der Waals surface area (Å²) in [5.74, 6) is 0.481. The highest BCUT2D eigenvalue weighted by Crippen LogP contribution is 2.18. The first-order chi connectivity index (χ1) is 8.99. The highest BCUT2D eigenvalue weighted by molar-refractivity contribution is 5.89. The fraction of sp³-hybridized carbons (Fsp3) is 0.308. The predicted molar refractivity (Wildman–Crippen MR) is 79.5 cm³/mol. The molecule has 19 heavy (non-hydrogen) atoms. The zero-order valence-corrected chi connectivity index (χ0v) is 11.2. The van der Waals surface area contributed by atoms with Crippen LogP contribution >= 0.6 is 0 Å². The molecule has 0 fully saturated rings. The lowest BCUT2D eigenvalue weighted by atomic mass is 10.1. The Morgan fingerprint density at radius 1 is 1.42 bits per heavy atom. The van der Waals surface area contributed by atoms with Crippen LogP contribution in [0, 0.1) is 16.7 Å². The van der Waals surface area contributed by atoms with Crippen molar-refractivity contribution in [2.45, 2.75) is 13.8 Å². The van der Waals surface area contributed by atoms with E-state index in [0.29, 0.717) is 17.2 Å². The molecule has 0 atom stereocenters. The number of hydrogen-bond donors (Lipinski definition) is 5. The summed E-state index contributed by atoms with van der Waals surface area (Å²) in [6, 6.07) is 1.74. The number of aromatic nitrogens is 1. The van der Waals surface area contributed by atoms with Crippen molar-refractivity contribution < 1.29 is 0 Å². The molecule has 102 valence electrons. The number of anilines is 1. The van der Waals surface area contributed by atoms with Crippen molar-refractivity contribution in [1.82, 2.24) is 4.98 Å². The molecule has 1 aromatic rings. The second-order valence-electron chi connectivity index (χ2n) is 4.59. The van der Waals surface area contributed by atoms with Crippen LogP contribution in [0.1, 0.15) is 25.1 Å². The van der Waals surface area contributed by atoms with E-state index in [0.717, 1.165) is 18.4 Å². The Kier molecular flexibility index (Phi) is 5.05. The van der Waals surface area contributed by atoms with Gasteiger partial charge in [0, 0.05) is 36.4 Å². The van der Waals surface area contributed by atoms with Gasteiger partial charge in [-0.2, -0.15) is 0 Å². The Balaban J connectivity index is 3.14. The Labute approximate surface area is 112 Å². The molecule has 1 aromatic heterocycles. The van der Waals surface area contributed by atoms with Crippen molar-refractivity contribution in [3.05, 3.63) is 29.2 Å². The Morgan fingerprint density at radius 3 is 2.63 bits per heavy atom. The third-order valence-corrected chi connectivity index (χ3v) is 2.53. The molecule has 7 N–H and O–H groups in total. The SMILES string of the molecule is CC(C)CNc1cc(/C(N)=C(\N)C=N)ncc1C=N. The van der Waals surface area contributed by atoms with Gasteiger partial charge in [0.1, 0.15) is 0 Å². The Morgan fingerprint density at radius 2 is 2.11 bits per heavy atom. The molecule has 0 radical (unpaired) electrons. The fourth-order valence-electron chi connectivity index (χ4n) is 1.42. The maximum atomic E-state index is 7.36. The second-order valence-corrected chi connectivity index (χ2v) is 4.59. The summed E-state index contributed by atoms with van der Waals surface area (Å²) >= 11 is 0. The van der Waals surface area contributed by atoms with Gasteiger partial charge in [0.05, 0.1) is 17.1 Å². The summed E-state index contributed by atoms with van der Waals surface area (Å²) in [7, 11) is 0. The molecule has 6 heteroatoms. The predicted octanol–water partition coefficient (Wildman–Crippen LogP) is 1.38. The lowest BCUT2D eigenvalue weighted by Crippen LogP contribution is -2.13. The summed E-state index contributed by atoms with van der Waals surface area (Å²) in [5, 5.41) is 17.7. The van der Waals surface area contributed by atoms with E-state index in [-0.39, 0.29) is 11.4 Å². The summed E-state index contributed by atoms with van der Waals surface area (Å²) in [5.41, 5.74) is 13.8. The molecular weight excluding hydrogens is 240 g/mol. The minimum atomic E-state index is 0.171. The van der Waals surface area contributed by atoms with Crippen molar-refractivity contribution in [2.75, 3.05) is 11.9 Å². The molecule has 0 aliphatic heterocycles. The monoisotopic (exact) mass is 260 g/mol. The van der Waals surface area contributed by atoms with Crippen LogP contribution in [0.4, 0.5) is 5.69 Å². The van der Waals surface area contributed by atoms with Crippen LogP contribution in [0.25, 0.3) is 5.70 Å². The van der Waals surface area contributed by atoms with Gasteiger partial charge >= 0.3 is 0 Å². The lowest BCUT2D eigenvalue weighted by Gasteiger charge is -2.13. The van der Waals surface area contributed by atoms with E-state index < -0.39 is 0 Å². The summed E-state index contributed by atoms with van der Waals surface area (Å²) < 4.78 is 0. The van der Waals surface area contributed by atoms with Crippen LogP contribution < -0.4 is 16.8 Å². The van der Waals surface area contributed by atoms with E-state index in [2.05, 4.69) is 24.1 Å². The Bertz CT molecular complexity index is 504. The average Bonchev–Trinajstić information content (AvgIpc) is 2.42. The molecule has 6 nitrogen and oxygen atoms in total. The molecule has 1 heterocycles. The standard InChI is InChI=1S/C13H20N6/c1-8(2)6-18-11-3-12(13(17)10(16)5-15)19-7-9(11)4-14/h3-5,7-8,14-15H,6,16-17H2,1-2H3,(H,18,19)/b13-10+,14-4?,15-5?. The highest BCUT2D eigenvalue weighted by atomic mass is 14.9. The molecule has 0 spiro atoms. The van der Waals surface area contributed by atoms with Crippen molar-refractivity contribution in [3.63, 3.8) is 0 Å². The quantitative estimate of drug-likeness (QED) is 0.495. The molecule has 0 aliphatic rings. The fourth-order valence-corrected chi connectivity index (χ4v) is 1.42. The normalized spacial score (nSPS) is 11.9. The number of rotatable bonds is 6. The number of pyridine rings is 1. The molecule has 0 saturated carbocycles. The minimum Gasteiger partial charge on any atom is -0.396 e. The van der Waals surface area contributed by atoms with Crippen molar-refractivity contribution in [3.8, 4) is 0 Å². The molecule has 0 bridgehead atoms. The number of nitrogens with two attached hydrogens (primary N) is 2. The van der Waals surface area contributed by atoms with Gasteiger partial charge in [-0.05, 0) is 12.0 Å². The van der Waals surface area contributed by atoms with Crippen molar-refractivity contribution in [1.29, 1.82) is 10.8 Å². The Hall–Kier alpha value is -2.37. The number of nitrogens with one attached hydrogen (secondary N) is 3. The van der Waals surface area contributed by atoms with Crippen molar-refractivity contribution >= 4 is 23.8 Å². The van der Waals surface area contributed by atoms with Crippen LogP contribution in [0.3, 0.4) is 0 Å². The number of nitrogens with zero attached hydrogens (tertiary/aromatic N) is 1. The first-order valence-corrected chi connectivity index (χ1v) is 6.00. The first kappa shape index (κ1) is 14.7. The largest absolute Gasteiger partial charge is 0.396 e. The number of hydrogen-bond acceptors (Lipinski definition) is 6. The third-order valence-electron chi connectivity index (χ3n) is 2.53. The second kappa shape index (κ2) is 6.53. The number of allylic oxidation sites excluding steroid dienone is 1. The van der Waals surface area contributed by atoms with Crippen LogP contribution in [0.2, 0.25) is 0 Å². The summed E-state index contributed by atoms with van der Waals surface area (Å²) in [6.07, 6.45) is 3.79. The van der Waals surface area contributed by atoms with Crippen LogP contribution in [0.5, 0.6) is 0 Å². The van der Waals surface area contributed by atoms with Gasteiger partial charge in [0.15, 0.2) is 0 Å². The molecule has 0 amide bonds. The van der Waals surface area contributed by atoms with Crippen molar-refractivity contribution in [2.24, 2.45) is 17.4 Å². The molecule has 0 saturated heterocycles. The minimum absolute atomic E-state index is 0.171. The van der Waals surface area contributed by atoms with Gasteiger partial charge in [0.2, 0.25) is 0 Å². The van der Waals surface area contributed by atoms with Gasteiger partial charge in [-0.3, -0.25) is 4.98 Å². The molecule has 0 unspecified atom stereocenters. The first-order valence-electron chi connectivity index (χ1n) is 6.00. The van der Waals surface area contributed by atoms with E-state index in [9.17, 15) is 0 Å². The molecule has 0 aromatic carbocycles. The topological polar surface area (TPSA) is 125 Å². The molecule has 1 rings (SSSR count). The van der Waals surface area contributed by atoms with E-state index in [1.165, 1.54) is 6.21 Å². The molecular formula is C13H20N6. The zero-order valence-electron chi connectivity index (χ0n) is 11.2. The smallest absolute Gasteiger partial charge is 0.0901 e. The average molecular weight is 260 g/mol. The van der Waals surface area contributed by atoms with E-state index in [4.69, 9.17) is 22.3 Å². The zero-order chi connectivity index (χ0) is 14.4. The molecule has 0 aliphatic carbocycles. The maximum Gasteiger partial charge on any atom is 0.0901 e. The van der Waals surface area contributed by atoms with Gasteiger partial charge < -0.3 is 27.6 Å². The van der Waals surface area contributed by atoms with E-state index in [1.54, 1.807) is 12.3 Å². The van der Waals surface area contributed by atoms with Gasteiger partial charge in [-0.25, -0.2) is 0 Å². The van der Waals surface area contributed by atoms with Crippen LogP contribution in [0.15, 0.2) is 18.0 Å². The third kappa shape index (κ3) is 3.80.